The van der Waals surface area contributed by atoms with Gasteiger partial charge in [0.2, 0.25) is 0 Å². The molecule has 0 fully saturated rings. The van der Waals surface area contributed by atoms with Gasteiger partial charge in [-0.3, -0.25) is 0 Å². The first-order chi connectivity index (χ1) is 6.05. The summed E-state index contributed by atoms with van der Waals surface area (Å²) in [5, 5.41) is 3.38. The fraction of sp³-hybridized carbons (Fsp3) is 0.500. The summed E-state index contributed by atoms with van der Waals surface area (Å²) in [4.78, 5) is 0. The van der Waals surface area contributed by atoms with Gasteiger partial charge in [-0.2, -0.15) is 0 Å². The minimum Gasteiger partial charge on any atom is -0.385 e. The number of para-hydroxylation sites is 1. The molecule has 0 bridgehead atoms. The van der Waals surface area contributed by atoms with E-state index in [-0.39, 0.29) is 17.8 Å². The molecule has 0 saturated heterocycles. The van der Waals surface area contributed by atoms with Gasteiger partial charge in [0.05, 0.1) is 0 Å². The molecule has 0 spiro atoms. The second kappa shape index (κ2) is 5.26. The molecule has 80 valence electrons. The Bertz CT molecular complexity index is 276. The highest BCUT2D eigenvalue weighted by Gasteiger charge is 2.16. The van der Waals surface area contributed by atoms with E-state index < -0.39 is 0 Å². The van der Waals surface area contributed by atoms with Crippen LogP contribution in [-0.2, 0) is 5.41 Å². The van der Waals surface area contributed by atoms with Crippen LogP contribution in [0.3, 0.4) is 0 Å². The predicted molar refractivity (Wildman–Crippen MR) is 66.6 cm³/mol. The van der Waals surface area contributed by atoms with Crippen LogP contribution in [-0.4, -0.2) is 6.54 Å². The van der Waals surface area contributed by atoms with Crippen LogP contribution >= 0.6 is 12.4 Å². The molecule has 0 heterocycles. The van der Waals surface area contributed by atoms with Gasteiger partial charge >= 0.3 is 0 Å². The minimum atomic E-state index is 0. The van der Waals surface area contributed by atoms with Crippen LogP contribution in [0.1, 0.15) is 33.3 Å². The highest BCUT2D eigenvalue weighted by atomic mass is 35.5. The van der Waals surface area contributed by atoms with Gasteiger partial charge in [0.1, 0.15) is 0 Å². The van der Waals surface area contributed by atoms with Gasteiger partial charge < -0.3 is 5.32 Å². The average Bonchev–Trinajstić information content (AvgIpc) is 2.04. The quantitative estimate of drug-likeness (QED) is 0.787. The van der Waals surface area contributed by atoms with Gasteiger partial charge in [-0.15, -0.1) is 12.4 Å². The van der Waals surface area contributed by atoms with Crippen molar-refractivity contribution >= 4 is 18.1 Å². The lowest BCUT2D eigenvalue weighted by atomic mass is 9.86. The molecule has 1 N–H and O–H groups in total. The van der Waals surface area contributed by atoms with Crippen molar-refractivity contribution in [3.05, 3.63) is 29.8 Å². The molecule has 0 atom stereocenters. The molecule has 0 aromatic heterocycles. The van der Waals surface area contributed by atoms with Crippen molar-refractivity contribution in [3.63, 3.8) is 0 Å². The molecule has 0 aliphatic rings. The maximum absolute atomic E-state index is 3.38. The summed E-state index contributed by atoms with van der Waals surface area (Å²) in [5.41, 5.74) is 2.87. The zero-order valence-corrected chi connectivity index (χ0v) is 10.2. The summed E-state index contributed by atoms with van der Waals surface area (Å²) in [6.07, 6.45) is 0. The minimum absolute atomic E-state index is 0. The highest BCUT2D eigenvalue weighted by Crippen LogP contribution is 2.28. The molecule has 0 aliphatic carbocycles. The molecule has 2 heteroatoms. The largest absolute Gasteiger partial charge is 0.385 e. The number of hydrogen-bond donors (Lipinski definition) is 1. The van der Waals surface area contributed by atoms with Crippen molar-refractivity contribution in [2.75, 3.05) is 11.9 Å². The maximum Gasteiger partial charge on any atom is 0.0378 e. The van der Waals surface area contributed by atoms with E-state index in [1.165, 1.54) is 11.3 Å². The molecule has 1 aromatic carbocycles. The van der Waals surface area contributed by atoms with Gasteiger partial charge in [0, 0.05) is 12.2 Å². The summed E-state index contributed by atoms with van der Waals surface area (Å²) in [6, 6.07) is 8.51. The van der Waals surface area contributed by atoms with E-state index in [0.29, 0.717) is 0 Å². The van der Waals surface area contributed by atoms with Gasteiger partial charge in [-0.1, -0.05) is 39.0 Å². The van der Waals surface area contributed by atoms with Gasteiger partial charge in [0.25, 0.3) is 0 Å². The maximum atomic E-state index is 3.38. The first-order valence-corrected chi connectivity index (χ1v) is 4.89. The molecule has 0 amide bonds. The second-order valence-electron chi connectivity index (χ2n) is 4.33. The molecular formula is C12H20ClN. The number of anilines is 1. The third kappa shape index (κ3) is 3.22. The SMILES string of the molecule is CCNc1ccccc1C(C)(C)C.Cl. The smallest absolute Gasteiger partial charge is 0.0378 e. The normalized spacial score (nSPS) is 10.6. The van der Waals surface area contributed by atoms with E-state index in [2.05, 4.69) is 57.3 Å². The Morgan fingerprint density at radius 3 is 2.21 bits per heavy atom. The van der Waals surface area contributed by atoms with E-state index in [0.717, 1.165) is 6.54 Å². The zero-order valence-electron chi connectivity index (χ0n) is 9.42. The van der Waals surface area contributed by atoms with E-state index in [1.54, 1.807) is 0 Å². The molecule has 0 aliphatic heterocycles. The highest BCUT2D eigenvalue weighted by molar-refractivity contribution is 5.85. The van der Waals surface area contributed by atoms with Crippen LogP contribution in [0.2, 0.25) is 0 Å². The van der Waals surface area contributed by atoms with Crippen LogP contribution in [0.4, 0.5) is 5.69 Å². The predicted octanol–water partition coefficient (Wildman–Crippen LogP) is 3.84. The Kier molecular flexibility index (Phi) is 5.00. The average molecular weight is 214 g/mol. The number of benzene rings is 1. The number of nitrogens with one attached hydrogen (secondary N) is 1. The summed E-state index contributed by atoms with van der Waals surface area (Å²) < 4.78 is 0. The number of halogens is 1. The zero-order chi connectivity index (χ0) is 9.90. The first-order valence-electron chi connectivity index (χ1n) is 4.89. The Labute approximate surface area is 93.3 Å². The van der Waals surface area contributed by atoms with Crippen LogP contribution in [0.5, 0.6) is 0 Å². The first kappa shape index (κ1) is 13.3. The topological polar surface area (TPSA) is 12.0 Å². The summed E-state index contributed by atoms with van der Waals surface area (Å²) in [5.74, 6) is 0. The third-order valence-corrected chi connectivity index (χ3v) is 2.10. The fourth-order valence-electron chi connectivity index (χ4n) is 1.48. The van der Waals surface area contributed by atoms with Crippen molar-refractivity contribution < 1.29 is 0 Å². The monoisotopic (exact) mass is 213 g/mol. The number of hydrogen-bond acceptors (Lipinski definition) is 1. The van der Waals surface area contributed by atoms with Gasteiger partial charge in [0.15, 0.2) is 0 Å². The van der Waals surface area contributed by atoms with Crippen LogP contribution in [0.15, 0.2) is 24.3 Å². The van der Waals surface area contributed by atoms with Gasteiger partial charge in [-0.25, -0.2) is 0 Å². The third-order valence-electron chi connectivity index (χ3n) is 2.10. The van der Waals surface area contributed by atoms with Crippen molar-refractivity contribution in [2.24, 2.45) is 0 Å². The lowest BCUT2D eigenvalue weighted by Gasteiger charge is -2.23. The van der Waals surface area contributed by atoms with E-state index in [9.17, 15) is 0 Å². The second-order valence-corrected chi connectivity index (χ2v) is 4.33. The Hall–Kier alpha value is -0.690. The molecule has 0 radical (unpaired) electrons. The Balaban J connectivity index is 0.00000169. The molecule has 14 heavy (non-hydrogen) atoms. The Morgan fingerprint density at radius 1 is 1.14 bits per heavy atom. The number of rotatable bonds is 2. The van der Waals surface area contributed by atoms with Gasteiger partial charge in [-0.05, 0) is 24.0 Å². The van der Waals surface area contributed by atoms with Crippen LogP contribution < -0.4 is 5.32 Å². The van der Waals surface area contributed by atoms with E-state index in [4.69, 9.17) is 0 Å². The lowest BCUT2D eigenvalue weighted by molar-refractivity contribution is 0.592. The Morgan fingerprint density at radius 2 is 1.71 bits per heavy atom. The standard InChI is InChI=1S/C12H19N.ClH/c1-5-13-11-9-7-6-8-10(11)12(2,3)4;/h6-9,13H,5H2,1-4H3;1H. The molecule has 0 unspecified atom stereocenters. The van der Waals surface area contributed by atoms with Crippen molar-refractivity contribution in [1.82, 2.24) is 0 Å². The summed E-state index contributed by atoms with van der Waals surface area (Å²) in [7, 11) is 0. The van der Waals surface area contributed by atoms with Crippen molar-refractivity contribution in [3.8, 4) is 0 Å². The molecule has 1 rings (SSSR count). The van der Waals surface area contributed by atoms with E-state index in [1.807, 2.05) is 0 Å². The molecule has 0 saturated carbocycles. The van der Waals surface area contributed by atoms with E-state index >= 15 is 0 Å². The van der Waals surface area contributed by atoms with Crippen molar-refractivity contribution in [2.45, 2.75) is 33.1 Å². The molecule has 1 nitrogen and oxygen atoms in total. The summed E-state index contributed by atoms with van der Waals surface area (Å²) in [6.45, 7) is 9.82. The fourth-order valence-corrected chi connectivity index (χ4v) is 1.48. The van der Waals surface area contributed by atoms with Crippen LogP contribution in [0, 0.1) is 0 Å². The lowest BCUT2D eigenvalue weighted by Crippen LogP contribution is -2.14. The molecular weight excluding hydrogens is 194 g/mol. The summed E-state index contributed by atoms with van der Waals surface area (Å²) >= 11 is 0. The van der Waals surface area contributed by atoms with Crippen molar-refractivity contribution in [1.29, 1.82) is 0 Å². The van der Waals surface area contributed by atoms with Crippen LogP contribution in [0.25, 0.3) is 0 Å². The molecule has 1 aromatic rings.